The van der Waals surface area contributed by atoms with E-state index in [2.05, 4.69) is 60.7 Å². The fourth-order valence-electron chi connectivity index (χ4n) is 5.34. The van der Waals surface area contributed by atoms with Crippen LogP contribution in [-0.4, -0.2) is 65.8 Å². The lowest BCUT2D eigenvalue weighted by Gasteiger charge is -2.43. The molecular weight excluding hydrogens is 588 g/mol. The van der Waals surface area contributed by atoms with Crippen molar-refractivity contribution >= 4 is 30.8 Å². The molecule has 11 heteroatoms. The lowest BCUT2D eigenvalue weighted by atomic mass is 10.1. The van der Waals surface area contributed by atoms with Gasteiger partial charge in [0.05, 0.1) is 38.1 Å². The van der Waals surface area contributed by atoms with Crippen LogP contribution in [-0.2, 0) is 20.4 Å². The Balaban J connectivity index is 1.68. The minimum atomic E-state index is -2.91. The number of nitrogens with zero attached hydrogens (tertiary/aromatic N) is 3. The molecule has 4 aromatic rings. The number of phenols is 1. The maximum absolute atomic E-state index is 13.0. The highest BCUT2D eigenvalue weighted by molar-refractivity contribution is 6.99. The van der Waals surface area contributed by atoms with Gasteiger partial charge in [-0.15, -0.1) is 5.10 Å². The molecule has 10 nitrogen and oxygen atoms in total. The average Bonchev–Trinajstić information content (AvgIpc) is 3.44. The van der Waals surface area contributed by atoms with Gasteiger partial charge in [0, 0.05) is 5.56 Å². The molecule has 1 heterocycles. The molecule has 0 aliphatic heterocycles. The molecule has 0 saturated carbocycles. The van der Waals surface area contributed by atoms with E-state index in [0.717, 1.165) is 10.4 Å². The molecular formula is C34H42N4O6Si. The number of hydrogen-bond acceptors (Lipinski definition) is 8. The van der Waals surface area contributed by atoms with Gasteiger partial charge in [-0.05, 0) is 54.4 Å². The highest BCUT2D eigenvalue weighted by Crippen LogP contribution is 2.37. The summed E-state index contributed by atoms with van der Waals surface area (Å²) in [6.45, 7) is 12.4. The number of amides is 1. The van der Waals surface area contributed by atoms with E-state index in [1.807, 2.05) is 57.2 Å². The molecule has 1 atom stereocenters. The van der Waals surface area contributed by atoms with Crippen molar-refractivity contribution in [2.45, 2.75) is 64.8 Å². The van der Waals surface area contributed by atoms with Crippen molar-refractivity contribution in [1.82, 2.24) is 20.3 Å². The summed E-state index contributed by atoms with van der Waals surface area (Å²) >= 11 is 0. The van der Waals surface area contributed by atoms with Crippen LogP contribution in [0.3, 0.4) is 0 Å². The predicted octanol–water partition coefficient (Wildman–Crippen LogP) is 4.91. The zero-order valence-electron chi connectivity index (χ0n) is 26.9. The van der Waals surface area contributed by atoms with Crippen molar-refractivity contribution in [3.8, 4) is 17.0 Å². The van der Waals surface area contributed by atoms with E-state index < -0.39 is 32.0 Å². The molecule has 0 unspecified atom stereocenters. The molecule has 0 aliphatic carbocycles. The minimum absolute atomic E-state index is 0.106. The van der Waals surface area contributed by atoms with Crippen LogP contribution in [0.1, 0.15) is 51.9 Å². The second kappa shape index (κ2) is 13.7. The number of aromatic hydroxyl groups is 1. The minimum Gasteiger partial charge on any atom is -0.508 e. The number of methoxy groups -OCH3 is 1. The van der Waals surface area contributed by atoms with Crippen molar-refractivity contribution < 1.29 is 28.6 Å². The molecule has 0 spiro atoms. The molecule has 45 heavy (non-hydrogen) atoms. The molecule has 3 aromatic carbocycles. The van der Waals surface area contributed by atoms with Crippen LogP contribution < -0.4 is 15.7 Å². The van der Waals surface area contributed by atoms with E-state index in [9.17, 15) is 14.7 Å². The first kappa shape index (κ1) is 33.4. The zero-order chi connectivity index (χ0) is 32.8. The highest BCUT2D eigenvalue weighted by atomic mass is 28.4. The third-order valence-electron chi connectivity index (χ3n) is 7.22. The molecule has 1 amide bonds. The van der Waals surface area contributed by atoms with E-state index in [1.165, 1.54) is 19.2 Å². The SMILES string of the molecule is COC(=O)c1cc(O)cc(-c2cn(C[C@H](CO[Si](c3ccccc3)(c3ccccc3)C(C)(C)C)NC(=O)OC(C)(C)C)nn2)c1. The lowest BCUT2D eigenvalue weighted by molar-refractivity contribution is 0.0477. The number of hydrogen-bond donors (Lipinski definition) is 2. The van der Waals surface area contributed by atoms with Crippen molar-refractivity contribution in [1.29, 1.82) is 0 Å². The van der Waals surface area contributed by atoms with Gasteiger partial charge in [-0.2, -0.15) is 0 Å². The van der Waals surface area contributed by atoms with Crippen LogP contribution in [0.4, 0.5) is 4.79 Å². The number of esters is 1. The number of nitrogens with one attached hydrogen (secondary N) is 1. The van der Waals surface area contributed by atoms with Gasteiger partial charge in [-0.25, -0.2) is 14.3 Å². The largest absolute Gasteiger partial charge is 0.508 e. The highest BCUT2D eigenvalue weighted by Gasteiger charge is 2.50. The first-order chi connectivity index (χ1) is 21.2. The van der Waals surface area contributed by atoms with Crippen molar-refractivity contribution in [3.63, 3.8) is 0 Å². The number of carbonyl (C=O) groups excluding carboxylic acids is 2. The zero-order valence-corrected chi connectivity index (χ0v) is 27.9. The molecule has 0 saturated heterocycles. The van der Waals surface area contributed by atoms with Crippen molar-refractivity contribution in [2.24, 2.45) is 0 Å². The third kappa shape index (κ3) is 8.17. The van der Waals surface area contributed by atoms with Crippen LogP contribution in [0.25, 0.3) is 11.3 Å². The molecule has 0 radical (unpaired) electrons. The van der Waals surface area contributed by atoms with Gasteiger partial charge in [0.15, 0.2) is 0 Å². The van der Waals surface area contributed by atoms with Gasteiger partial charge >= 0.3 is 12.1 Å². The number of phenolic OH excluding ortho intramolecular Hbond substituents is 1. The molecule has 0 aliphatic rings. The molecule has 1 aromatic heterocycles. The van der Waals surface area contributed by atoms with Crippen LogP contribution in [0.5, 0.6) is 5.75 Å². The summed E-state index contributed by atoms with van der Waals surface area (Å²) in [6.07, 6.45) is 1.11. The van der Waals surface area contributed by atoms with Crippen LogP contribution in [0.15, 0.2) is 85.1 Å². The summed E-state index contributed by atoms with van der Waals surface area (Å²) in [5.41, 5.74) is 0.410. The summed E-state index contributed by atoms with van der Waals surface area (Å²) in [7, 11) is -1.64. The summed E-state index contributed by atoms with van der Waals surface area (Å²) in [4.78, 5) is 25.1. The smallest absolute Gasteiger partial charge is 0.408 e. The topological polar surface area (TPSA) is 125 Å². The molecule has 0 fully saturated rings. The fourth-order valence-corrected chi connectivity index (χ4v) is 9.95. The van der Waals surface area contributed by atoms with Gasteiger partial charge in [0.25, 0.3) is 8.32 Å². The average molecular weight is 631 g/mol. The Kier molecular flexibility index (Phi) is 10.1. The van der Waals surface area contributed by atoms with Crippen molar-refractivity contribution in [3.05, 3.63) is 90.6 Å². The maximum Gasteiger partial charge on any atom is 0.408 e. The van der Waals surface area contributed by atoms with Gasteiger partial charge in [-0.1, -0.05) is 86.6 Å². The number of benzene rings is 3. The van der Waals surface area contributed by atoms with Gasteiger partial charge in [-0.3, -0.25) is 0 Å². The molecule has 4 rings (SSSR count). The number of ether oxygens (including phenoxy) is 2. The van der Waals surface area contributed by atoms with Crippen LogP contribution in [0, 0.1) is 0 Å². The van der Waals surface area contributed by atoms with E-state index >= 15 is 0 Å². The second-order valence-electron chi connectivity index (χ2n) is 12.9. The number of carbonyl (C=O) groups is 2. The Morgan fingerprint density at radius 3 is 2.07 bits per heavy atom. The monoisotopic (exact) mass is 630 g/mol. The molecule has 238 valence electrons. The number of aromatic nitrogens is 3. The van der Waals surface area contributed by atoms with Crippen LogP contribution >= 0.6 is 0 Å². The third-order valence-corrected chi connectivity index (χ3v) is 12.2. The van der Waals surface area contributed by atoms with Gasteiger partial charge < -0.3 is 24.3 Å². The standard InChI is InChI=1S/C34H42N4O6Si/c1-33(2,3)44-32(41)35-26(21-38-22-30(36-37-38)24-18-25(31(40)42-7)20-27(39)19-24)23-43-45(34(4,5)6,28-14-10-8-11-15-28)29-16-12-9-13-17-29/h8-20,22,26,39H,21,23H2,1-7H3,(H,35,41)/t26-/m1/s1. The van der Waals surface area contributed by atoms with Gasteiger partial charge in [0.1, 0.15) is 17.0 Å². The van der Waals surface area contributed by atoms with Crippen molar-refractivity contribution in [2.75, 3.05) is 13.7 Å². The first-order valence-corrected chi connectivity index (χ1v) is 16.7. The van der Waals surface area contributed by atoms with E-state index in [0.29, 0.717) is 11.3 Å². The first-order valence-electron chi connectivity index (χ1n) is 14.8. The van der Waals surface area contributed by atoms with E-state index in [4.69, 9.17) is 13.9 Å². The number of rotatable bonds is 10. The Hall–Kier alpha value is -4.48. The summed E-state index contributed by atoms with van der Waals surface area (Å²) in [5.74, 6) is -0.688. The Labute approximate surface area is 265 Å². The Morgan fingerprint density at radius 2 is 1.53 bits per heavy atom. The normalized spacial score (nSPS) is 12.8. The quantitative estimate of drug-likeness (QED) is 0.187. The number of alkyl carbamates (subject to hydrolysis) is 1. The molecule has 0 bridgehead atoms. The van der Waals surface area contributed by atoms with E-state index in [1.54, 1.807) is 16.9 Å². The van der Waals surface area contributed by atoms with Crippen LogP contribution in [0.2, 0.25) is 5.04 Å². The Bertz CT molecular complexity index is 1560. The Morgan fingerprint density at radius 1 is 0.933 bits per heavy atom. The maximum atomic E-state index is 13.0. The lowest BCUT2D eigenvalue weighted by Crippen LogP contribution is -2.67. The van der Waals surface area contributed by atoms with Gasteiger partial charge in [0.2, 0.25) is 0 Å². The predicted molar refractivity (Wildman–Crippen MR) is 175 cm³/mol. The summed E-state index contributed by atoms with van der Waals surface area (Å²) < 4.78 is 19.1. The molecule has 2 N–H and O–H groups in total. The second-order valence-corrected chi connectivity index (χ2v) is 17.2. The fraction of sp³-hybridized carbons (Fsp3) is 0.353. The summed E-state index contributed by atoms with van der Waals surface area (Å²) in [6, 6.07) is 24.4. The van der Waals surface area contributed by atoms with E-state index in [-0.39, 0.29) is 29.5 Å². The summed E-state index contributed by atoms with van der Waals surface area (Å²) in [5, 5.41) is 23.7.